The van der Waals surface area contributed by atoms with E-state index < -0.39 is 39.9 Å². The van der Waals surface area contributed by atoms with Crippen LogP contribution >= 0.6 is 11.6 Å². The summed E-state index contributed by atoms with van der Waals surface area (Å²) in [5.74, 6) is -0.648. The SMILES string of the molecule is CS(=O)(=O)N(CC(=O)NCCCOC1CCCC1)c1cc(C(F)(F)F)ccc1Cl. The summed E-state index contributed by atoms with van der Waals surface area (Å²) >= 11 is 5.92. The lowest BCUT2D eigenvalue weighted by Crippen LogP contribution is -2.41. The van der Waals surface area contributed by atoms with E-state index in [1.54, 1.807) is 0 Å². The summed E-state index contributed by atoms with van der Waals surface area (Å²) in [5, 5.41) is 2.35. The molecule has 0 atom stereocenters. The van der Waals surface area contributed by atoms with Gasteiger partial charge in [0.15, 0.2) is 0 Å². The third kappa shape index (κ3) is 7.35. The fraction of sp³-hybridized carbons (Fsp3) is 0.611. The van der Waals surface area contributed by atoms with Crippen molar-refractivity contribution < 1.29 is 31.1 Å². The first kappa shape index (κ1) is 23.8. The van der Waals surface area contributed by atoms with E-state index in [1.165, 1.54) is 0 Å². The maximum atomic E-state index is 13.0. The number of anilines is 1. The molecule has 0 aliphatic heterocycles. The summed E-state index contributed by atoms with van der Waals surface area (Å²) in [4.78, 5) is 12.2. The molecule has 29 heavy (non-hydrogen) atoms. The second kappa shape index (κ2) is 9.99. The zero-order chi connectivity index (χ0) is 21.7. The number of halogens is 4. The molecule has 0 spiro atoms. The highest BCUT2D eigenvalue weighted by Gasteiger charge is 2.33. The van der Waals surface area contributed by atoms with Gasteiger partial charge in [0.1, 0.15) is 6.54 Å². The lowest BCUT2D eigenvalue weighted by Gasteiger charge is -2.24. The maximum absolute atomic E-state index is 13.0. The van der Waals surface area contributed by atoms with Gasteiger partial charge in [-0.15, -0.1) is 0 Å². The number of alkyl halides is 3. The van der Waals surface area contributed by atoms with Crippen molar-refractivity contribution in [2.45, 2.75) is 44.4 Å². The fourth-order valence-corrected chi connectivity index (χ4v) is 4.18. The van der Waals surface area contributed by atoms with Gasteiger partial charge in [-0.25, -0.2) is 8.42 Å². The molecular formula is C18H24ClF3N2O4S. The molecule has 164 valence electrons. The first-order valence-corrected chi connectivity index (χ1v) is 11.4. The van der Waals surface area contributed by atoms with Crippen LogP contribution in [0.4, 0.5) is 18.9 Å². The highest BCUT2D eigenvalue weighted by Crippen LogP contribution is 2.36. The van der Waals surface area contributed by atoms with Crippen LogP contribution in [0.15, 0.2) is 18.2 Å². The van der Waals surface area contributed by atoms with Gasteiger partial charge in [0.2, 0.25) is 15.9 Å². The number of nitrogens with one attached hydrogen (secondary N) is 1. The summed E-state index contributed by atoms with van der Waals surface area (Å²) in [6, 6.07) is 2.32. The van der Waals surface area contributed by atoms with Crippen molar-refractivity contribution >= 4 is 33.2 Å². The Morgan fingerprint density at radius 3 is 2.55 bits per heavy atom. The molecule has 1 amide bonds. The van der Waals surface area contributed by atoms with Crippen LogP contribution in [0.3, 0.4) is 0 Å². The summed E-state index contributed by atoms with van der Waals surface area (Å²) < 4.78 is 69.3. The molecule has 0 saturated heterocycles. The number of amides is 1. The van der Waals surface area contributed by atoms with E-state index in [1.807, 2.05) is 0 Å². The van der Waals surface area contributed by atoms with Gasteiger partial charge in [-0.05, 0) is 37.5 Å². The molecule has 1 aromatic carbocycles. The van der Waals surface area contributed by atoms with Crippen LogP contribution in [0.2, 0.25) is 5.02 Å². The van der Waals surface area contributed by atoms with Crippen molar-refractivity contribution in [1.29, 1.82) is 0 Å². The normalized spacial score (nSPS) is 15.5. The first-order valence-electron chi connectivity index (χ1n) is 9.21. The molecule has 1 aliphatic carbocycles. The molecular weight excluding hydrogens is 433 g/mol. The quantitative estimate of drug-likeness (QED) is 0.576. The van der Waals surface area contributed by atoms with Gasteiger partial charge < -0.3 is 10.1 Å². The smallest absolute Gasteiger partial charge is 0.378 e. The molecule has 6 nitrogen and oxygen atoms in total. The zero-order valence-corrected chi connectivity index (χ0v) is 17.5. The Balaban J connectivity index is 1.97. The van der Waals surface area contributed by atoms with Crippen molar-refractivity contribution in [1.82, 2.24) is 5.32 Å². The van der Waals surface area contributed by atoms with Crippen LogP contribution in [0.25, 0.3) is 0 Å². The van der Waals surface area contributed by atoms with E-state index in [-0.39, 0.29) is 17.7 Å². The molecule has 0 bridgehead atoms. The van der Waals surface area contributed by atoms with Gasteiger partial charge in [0.25, 0.3) is 0 Å². The van der Waals surface area contributed by atoms with Crippen LogP contribution in [-0.2, 0) is 25.7 Å². The van der Waals surface area contributed by atoms with Gasteiger partial charge in [-0.2, -0.15) is 13.2 Å². The van der Waals surface area contributed by atoms with E-state index in [2.05, 4.69) is 5.32 Å². The topological polar surface area (TPSA) is 75.7 Å². The van der Waals surface area contributed by atoms with Crippen molar-refractivity contribution in [3.05, 3.63) is 28.8 Å². The van der Waals surface area contributed by atoms with Crippen LogP contribution in [-0.4, -0.2) is 46.4 Å². The number of nitrogens with zero attached hydrogens (tertiary/aromatic N) is 1. The van der Waals surface area contributed by atoms with E-state index in [9.17, 15) is 26.4 Å². The molecule has 1 saturated carbocycles. The van der Waals surface area contributed by atoms with Crippen LogP contribution in [0.5, 0.6) is 0 Å². The number of hydrogen-bond donors (Lipinski definition) is 1. The summed E-state index contributed by atoms with van der Waals surface area (Å²) in [5.41, 5.74) is -1.46. The Morgan fingerprint density at radius 1 is 1.31 bits per heavy atom. The number of rotatable bonds is 9. The minimum absolute atomic E-state index is 0.207. The highest BCUT2D eigenvalue weighted by molar-refractivity contribution is 7.92. The Kier molecular flexibility index (Phi) is 8.18. The number of hydrogen-bond acceptors (Lipinski definition) is 4. The molecule has 0 aromatic heterocycles. The van der Waals surface area contributed by atoms with Gasteiger partial charge in [0, 0.05) is 13.2 Å². The Hall–Kier alpha value is -1.52. The van der Waals surface area contributed by atoms with Gasteiger partial charge >= 0.3 is 6.18 Å². The largest absolute Gasteiger partial charge is 0.416 e. The van der Waals surface area contributed by atoms with E-state index >= 15 is 0 Å². The number of carbonyl (C=O) groups excluding carboxylic acids is 1. The van der Waals surface area contributed by atoms with Gasteiger partial charge in [0.05, 0.1) is 28.6 Å². The lowest BCUT2D eigenvalue weighted by molar-refractivity contribution is -0.137. The predicted octanol–water partition coefficient (Wildman–Crippen LogP) is 3.59. The van der Waals surface area contributed by atoms with Crippen LogP contribution in [0, 0.1) is 0 Å². The molecule has 1 aromatic rings. The average molecular weight is 457 g/mol. The predicted molar refractivity (Wildman–Crippen MR) is 104 cm³/mol. The van der Waals surface area contributed by atoms with Crippen molar-refractivity contribution in [3.8, 4) is 0 Å². The van der Waals surface area contributed by atoms with Crippen molar-refractivity contribution in [2.75, 3.05) is 30.3 Å². The summed E-state index contributed by atoms with van der Waals surface area (Å²) in [6.45, 7) is 0.0585. The number of sulfonamides is 1. The molecule has 2 rings (SSSR count). The third-order valence-corrected chi connectivity index (χ3v) is 5.97. The Morgan fingerprint density at radius 2 is 1.97 bits per heavy atom. The molecule has 1 N–H and O–H groups in total. The summed E-state index contributed by atoms with van der Waals surface area (Å²) in [6.07, 6.45) is 1.30. The molecule has 1 fully saturated rings. The Labute approximate surface area is 173 Å². The fourth-order valence-electron chi connectivity index (χ4n) is 3.05. The second-order valence-electron chi connectivity index (χ2n) is 6.91. The number of benzene rings is 1. The molecule has 0 radical (unpaired) electrons. The average Bonchev–Trinajstić information content (AvgIpc) is 3.11. The third-order valence-electron chi connectivity index (χ3n) is 4.53. The standard InChI is InChI=1S/C18H24ClF3N2O4S/c1-29(26,27)24(16-11-13(18(20,21)22)7-8-15(16)19)12-17(25)23-9-4-10-28-14-5-2-3-6-14/h7-8,11,14H,2-6,9-10,12H2,1H3,(H,23,25). The minimum atomic E-state index is -4.68. The number of ether oxygens (including phenoxy) is 1. The van der Waals surface area contributed by atoms with Gasteiger partial charge in [-0.1, -0.05) is 24.4 Å². The van der Waals surface area contributed by atoms with E-state index in [4.69, 9.17) is 16.3 Å². The number of carbonyl (C=O) groups is 1. The molecule has 11 heteroatoms. The molecule has 1 aliphatic rings. The van der Waals surface area contributed by atoms with Crippen molar-refractivity contribution in [2.24, 2.45) is 0 Å². The maximum Gasteiger partial charge on any atom is 0.416 e. The molecule has 0 unspecified atom stereocenters. The monoisotopic (exact) mass is 456 g/mol. The second-order valence-corrected chi connectivity index (χ2v) is 9.23. The van der Waals surface area contributed by atoms with Gasteiger partial charge in [-0.3, -0.25) is 9.10 Å². The van der Waals surface area contributed by atoms with Crippen LogP contribution in [0.1, 0.15) is 37.7 Å². The first-order chi connectivity index (χ1) is 13.5. The zero-order valence-electron chi connectivity index (χ0n) is 16.0. The van der Waals surface area contributed by atoms with Crippen LogP contribution < -0.4 is 9.62 Å². The van der Waals surface area contributed by atoms with E-state index in [0.29, 0.717) is 23.4 Å². The molecule has 0 heterocycles. The van der Waals surface area contributed by atoms with Crippen molar-refractivity contribution in [3.63, 3.8) is 0 Å². The van der Waals surface area contributed by atoms with E-state index in [0.717, 1.165) is 44.1 Å². The summed E-state index contributed by atoms with van der Waals surface area (Å²) in [7, 11) is -4.05. The highest BCUT2D eigenvalue weighted by atomic mass is 35.5. The Bertz CT molecular complexity index is 812. The lowest BCUT2D eigenvalue weighted by atomic mass is 10.2. The minimum Gasteiger partial charge on any atom is -0.378 e.